The monoisotopic (exact) mass is 275 g/mol. The predicted octanol–water partition coefficient (Wildman–Crippen LogP) is 1.20. The lowest BCUT2D eigenvalue weighted by Gasteiger charge is -2.34. The molecule has 2 fully saturated rings. The molecule has 1 aromatic carbocycles. The smallest absolute Gasteiger partial charge is 0.254 e. The Balaban J connectivity index is 1.66. The normalized spacial score (nSPS) is 19.9. The SMILES string of the molecule is COc1cc(C(=O)N2CCN(C3CC3)CC2)ccc1N. The molecule has 1 aromatic rings. The molecule has 0 atom stereocenters. The van der Waals surface area contributed by atoms with Gasteiger partial charge in [0.05, 0.1) is 12.8 Å². The molecule has 1 amide bonds. The molecule has 5 nitrogen and oxygen atoms in total. The molecule has 0 aromatic heterocycles. The van der Waals surface area contributed by atoms with E-state index >= 15 is 0 Å². The third kappa shape index (κ3) is 2.58. The fraction of sp³-hybridized carbons (Fsp3) is 0.533. The van der Waals surface area contributed by atoms with Crippen LogP contribution in [0.15, 0.2) is 18.2 Å². The Morgan fingerprint density at radius 3 is 2.55 bits per heavy atom. The number of ether oxygens (including phenoxy) is 1. The molecule has 20 heavy (non-hydrogen) atoms. The van der Waals surface area contributed by atoms with Gasteiger partial charge in [0.2, 0.25) is 0 Å². The van der Waals surface area contributed by atoms with Gasteiger partial charge in [0.1, 0.15) is 5.75 Å². The van der Waals surface area contributed by atoms with Crippen LogP contribution in [0.1, 0.15) is 23.2 Å². The Kier molecular flexibility index (Phi) is 3.53. The van der Waals surface area contributed by atoms with Crippen LogP contribution in [0, 0.1) is 0 Å². The molecule has 1 saturated carbocycles. The molecule has 2 aliphatic rings. The minimum absolute atomic E-state index is 0.0683. The number of nitrogens with two attached hydrogens (primary N) is 1. The quantitative estimate of drug-likeness (QED) is 0.842. The number of nitrogen functional groups attached to an aromatic ring is 1. The van der Waals surface area contributed by atoms with Crippen LogP contribution in [0.4, 0.5) is 5.69 Å². The van der Waals surface area contributed by atoms with Crippen LogP contribution in [0.25, 0.3) is 0 Å². The van der Waals surface area contributed by atoms with Crippen molar-refractivity contribution in [2.45, 2.75) is 18.9 Å². The lowest BCUT2D eigenvalue weighted by atomic mass is 10.1. The lowest BCUT2D eigenvalue weighted by Crippen LogP contribution is -2.49. The molecule has 5 heteroatoms. The highest BCUT2D eigenvalue weighted by Gasteiger charge is 2.32. The van der Waals surface area contributed by atoms with Crippen molar-refractivity contribution >= 4 is 11.6 Å². The van der Waals surface area contributed by atoms with E-state index < -0.39 is 0 Å². The summed E-state index contributed by atoms with van der Waals surface area (Å²) in [4.78, 5) is 16.9. The number of anilines is 1. The third-order valence-corrected chi connectivity index (χ3v) is 4.15. The van der Waals surface area contributed by atoms with Crippen molar-refractivity contribution in [2.75, 3.05) is 39.0 Å². The second-order valence-electron chi connectivity index (χ2n) is 5.52. The average Bonchev–Trinajstić information content (AvgIpc) is 3.32. The van der Waals surface area contributed by atoms with Crippen LogP contribution < -0.4 is 10.5 Å². The number of carbonyl (C=O) groups is 1. The van der Waals surface area contributed by atoms with Gasteiger partial charge >= 0.3 is 0 Å². The van der Waals surface area contributed by atoms with Gasteiger partial charge < -0.3 is 15.4 Å². The first-order chi connectivity index (χ1) is 9.69. The molecule has 108 valence electrons. The largest absolute Gasteiger partial charge is 0.495 e. The van der Waals surface area contributed by atoms with Gasteiger partial charge in [0.15, 0.2) is 0 Å². The predicted molar refractivity (Wildman–Crippen MR) is 77.9 cm³/mol. The van der Waals surface area contributed by atoms with Crippen LogP contribution in [-0.2, 0) is 0 Å². The van der Waals surface area contributed by atoms with Gasteiger partial charge in [-0.2, -0.15) is 0 Å². The molecule has 1 heterocycles. The van der Waals surface area contributed by atoms with Gasteiger partial charge in [0.25, 0.3) is 5.91 Å². The third-order valence-electron chi connectivity index (χ3n) is 4.15. The summed E-state index contributed by atoms with van der Waals surface area (Å²) in [6.07, 6.45) is 2.65. The first-order valence-electron chi connectivity index (χ1n) is 7.16. The van der Waals surface area contributed by atoms with Crippen LogP contribution in [0.5, 0.6) is 5.75 Å². The first kappa shape index (κ1) is 13.2. The Hall–Kier alpha value is -1.75. The summed E-state index contributed by atoms with van der Waals surface area (Å²) >= 11 is 0. The minimum Gasteiger partial charge on any atom is -0.495 e. The fourth-order valence-corrected chi connectivity index (χ4v) is 2.76. The van der Waals surface area contributed by atoms with E-state index in [4.69, 9.17) is 10.5 Å². The van der Waals surface area contributed by atoms with Gasteiger partial charge in [-0.15, -0.1) is 0 Å². The second kappa shape index (κ2) is 5.32. The van der Waals surface area contributed by atoms with E-state index in [-0.39, 0.29) is 5.91 Å². The Morgan fingerprint density at radius 2 is 1.95 bits per heavy atom. The summed E-state index contributed by atoms with van der Waals surface area (Å²) in [5, 5.41) is 0. The van der Waals surface area contributed by atoms with E-state index in [2.05, 4.69) is 4.90 Å². The number of rotatable bonds is 3. The average molecular weight is 275 g/mol. The number of carbonyl (C=O) groups excluding carboxylic acids is 1. The zero-order chi connectivity index (χ0) is 14.1. The summed E-state index contributed by atoms with van der Waals surface area (Å²) in [6, 6.07) is 6.01. The molecule has 0 bridgehead atoms. The molecule has 0 spiro atoms. The summed E-state index contributed by atoms with van der Waals surface area (Å²) in [5.41, 5.74) is 6.99. The maximum absolute atomic E-state index is 12.5. The number of hydrogen-bond donors (Lipinski definition) is 1. The summed E-state index contributed by atoms with van der Waals surface area (Å²) < 4.78 is 5.18. The van der Waals surface area contributed by atoms with E-state index in [0.717, 1.165) is 32.2 Å². The van der Waals surface area contributed by atoms with E-state index in [1.165, 1.54) is 12.8 Å². The molecule has 2 N–H and O–H groups in total. The van der Waals surface area contributed by atoms with Crippen molar-refractivity contribution in [3.05, 3.63) is 23.8 Å². The molecule has 1 aliphatic heterocycles. The number of hydrogen-bond acceptors (Lipinski definition) is 4. The van der Waals surface area contributed by atoms with E-state index in [9.17, 15) is 4.79 Å². The van der Waals surface area contributed by atoms with Gasteiger partial charge in [-0.05, 0) is 31.0 Å². The minimum atomic E-state index is 0.0683. The van der Waals surface area contributed by atoms with Gasteiger partial charge in [-0.3, -0.25) is 9.69 Å². The molecule has 1 aliphatic carbocycles. The highest BCUT2D eigenvalue weighted by atomic mass is 16.5. The van der Waals surface area contributed by atoms with Gasteiger partial charge in [-0.1, -0.05) is 0 Å². The zero-order valence-corrected chi connectivity index (χ0v) is 11.8. The molecule has 1 saturated heterocycles. The summed E-state index contributed by atoms with van der Waals surface area (Å²) in [7, 11) is 1.56. The number of piperazine rings is 1. The van der Waals surface area contributed by atoms with Crippen LogP contribution in [-0.4, -0.2) is 55.0 Å². The van der Waals surface area contributed by atoms with Gasteiger partial charge in [-0.25, -0.2) is 0 Å². The molecule has 0 unspecified atom stereocenters. The number of nitrogens with zero attached hydrogens (tertiary/aromatic N) is 2. The van der Waals surface area contributed by atoms with Gasteiger partial charge in [0, 0.05) is 37.8 Å². The molecule has 0 radical (unpaired) electrons. The topological polar surface area (TPSA) is 58.8 Å². The summed E-state index contributed by atoms with van der Waals surface area (Å²) in [5.74, 6) is 0.631. The second-order valence-corrected chi connectivity index (χ2v) is 5.52. The molecular weight excluding hydrogens is 254 g/mol. The Morgan fingerprint density at radius 1 is 1.25 bits per heavy atom. The fourth-order valence-electron chi connectivity index (χ4n) is 2.76. The summed E-state index contributed by atoms with van der Waals surface area (Å²) in [6.45, 7) is 3.59. The number of benzene rings is 1. The maximum atomic E-state index is 12.5. The standard InChI is InChI=1S/C15H21N3O2/c1-20-14-10-11(2-5-13(14)16)15(19)18-8-6-17(7-9-18)12-3-4-12/h2,5,10,12H,3-4,6-9,16H2,1H3. The van der Waals surface area contributed by atoms with Crippen LogP contribution in [0.3, 0.4) is 0 Å². The van der Waals surface area contributed by atoms with Crippen molar-refractivity contribution in [3.8, 4) is 5.75 Å². The highest BCUT2D eigenvalue weighted by Crippen LogP contribution is 2.28. The lowest BCUT2D eigenvalue weighted by molar-refractivity contribution is 0.0627. The van der Waals surface area contributed by atoms with Crippen molar-refractivity contribution in [2.24, 2.45) is 0 Å². The molecular formula is C15H21N3O2. The van der Waals surface area contributed by atoms with Crippen LogP contribution >= 0.6 is 0 Å². The molecule has 3 rings (SSSR count). The van der Waals surface area contributed by atoms with E-state index in [0.29, 0.717) is 17.0 Å². The zero-order valence-electron chi connectivity index (χ0n) is 11.8. The highest BCUT2D eigenvalue weighted by molar-refractivity contribution is 5.95. The maximum Gasteiger partial charge on any atom is 0.254 e. The van der Waals surface area contributed by atoms with E-state index in [1.54, 1.807) is 25.3 Å². The van der Waals surface area contributed by atoms with E-state index in [1.807, 2.05) is 4.90 Å². The van der Waals surface area contributed by atoms with Crippen LogP contribution in [0.2, 0.25) is 0 Å². The number of methoxy groups -OCH3 is 1. The first-order valence-corrected chi connectivity index (χ1v) is 7.16. The Bertz CT molecular complexity index is 506. The van der Waals surface area contributed by atoms with Crippen molar-refractivity contribution in [3.63, 3.8) is 0 Å². The van der Waals surface area contributed by atoms with Crippen molar-refractivity contribution in [1.29, 1.82) is 0 Å². The van der Waals surface area contributed by atoms with Crippen molar-refractivity contribution < 1.29 is 9.53 Å². The van der Waals surface area contributed by atoms with Crippen molar-refractivity contribution in [1.82, 2.24) is 9.80 Å². The Labute approximate surface area is 119 Å². The number of amides is 1.